The number of aromatic nitrogens is 1. The first-order valence-electron chi connectivity index (χ1n) is 13.4. The largest absolute Gasteiger partial charge is 0.469 e. The van der Waals surface area contributed by atoms with Crippen LogP contribution in [0.3, 0.4) is 0 Å². The maximum atomic E-state index is 11.3. The van der Waals surface area contributed by atoms with Crippen molar-refractivity contribution in [2.75, 3.05) is 44.9 Å². The zero-order valence-corrected chi connectivity index (χ0v) is 21.6. The minimum atomic E-state index is -0.131. The molecule has 0 saturated carbocycles. The Morgan fingerprint density at radius 1 is 1.09 bits per heavy atom. The van der Waals surface area contributed by atoms with Gasteiger partial charge in [-0.05, 0) is 31.4 Å². The van der Waals surface area contributed by atoms with E-state index in [2.05, 4.69) is 41.4 Å². The molecule has 0 amide bonds. The van der Waals surface area contributed by atoms with Gasteiger partial charge in [0.15, 0.2) is 0 Å². The van der Waals surface area contributed by atoms with Gasteiger partial charge in [-0.2, -0.15) is 0 Å². The molecule has 1 aliphatic rings. The average Bonchev–Trinajstić information content (AvgIpc) is 3.31. The number of nitrogens with zero attached hydrogens (tertiary/aromatic N) is 2. The second-order valence-electron chi connectivity index (χ2n) is 9.31. The fourth-order valence-electron chi connectivity index (χ4n) is 4.47. The van der Waals surface area contributed by atoms with E-state index in [0.717, 1.165) is 75.6 Å². The van der Waals surface area contributed by atoms with Crippen LogP contribution < -0.4 is 10.2 Å². The molecule has 1 aromatic carbocycles. The molecule has 0 bridgehead atoms. The van der Waals surface area contributed by atoms with Crippen molar-refractivity contribution in [3.8, 4) is 0 Å². The lowest BCUT2D eigenvalue weighted by Gasteiger charge is -2.27. The van der Waals surface area contributed by atoms with Crippen LogP contribution in [0, 0.1) is 0 Å². The summed E-state index contributed by atoms with van der Waals surface area (Å²) in [6.45, 7) is 6.19. The fourth-order valence-corrected chi connectivity index (χ4v) is 4.47. The lowest BCUT2D eigenvalue weighted by atomic mass is 10.1. The molecule has 1 fully saturated rings. The van der Waals surface area contributed by atoms with Crippen molar-refractivity contribution >= 4 is 11.9 Å². The molecule has 1 aliphatic heterocycles. The first-order valence-corrected chi connectivity index (χ1v) is 13.4. The molecule has 1 saturated heterocycles. The summed E-state index contributed by atoms with van der Waals surface area (Å²) in [6, 6.07) is 10.6. The minimum Gasteiger partial charge on any atom is -0.469 e. The summed E-state index contributed by atoms with van der Waals surface area (Å²) in [5.41, 5.74) is 2.24. The summed E-state index contributed by atoms with van der Waals surface area (Å²) in [6.07, 6.45) is 9.97. The van der Waals surface area contributed by atoms with Gasteiger partial charge in [-0.15, -0.1) is 0 Å². The smallest absolute Gasteiger partial charge is 0.305 e. The van der Waals surface area contributed by atoms with Crippen molar-refractivity contribution in [2.24, 2.45) is 0 Å². The molecule has 35 heavy (non-hydrogen) atoms. The first kappa shape index (κ1) is 27.2. The Morgan fingerprint density at radius 2 is 1.86 bits per heavy atom. The van der Waals surface area contributed by atoms with E-state index in [1.54, 1.807) is 0 Å². The van der Waals surface area contributed by atoms with Crippen molar-refractivity contribution < 1.29 is 18.7 Å². The van der Waals surface area contributed by atoms with Crippen LogP contribution in [-0.4, -0.2) is 50.9 Å². The number of anilines is 1. The van der Waals surface area contributed by atoms with Gasteiger partial charge in [0.2, 0.25) is 11.8 Å². The molecule has 3 rings (SSSR count). The number of unbranched alkanes of at least 4 members (excludes halogenated alkanes) is 5. The number of carbonyl (C=O) groups is 1. The van der Waals surface area contributed by atoms with E-state index in [0.29, 0.717) is 19.6 Å². The molecule has 0 aliphatic carbocycles. The number of hydrogen-bond acceptors (Lipinski definition) is 7. The highest BCUT2D eigenvalue weighted by atomic mass is 16.5. The third-order valence-electron chi connectivity index (χ3n) is 6.53. The number of nitrogens with one attached hydrogen (secondary N) is 1. The van der Waals surface area contributed by atoms with E-state index < -0.39 is 0 Å². The summed E-state index contributed by atoms with van der Waals surface area (Å²) in [7, 11) is 1.45. The van der Waals surface area contributed by atoms with Crippen molar-refractivity contribution in [3.05, 3.63) is 47.5 Å². The zero-order chi connectivity index (χ0) is 24.7. The van der Waals surface area contributed by atoms with Crippen molar-refractivity contribution in [3.63, 3.8) is 0 Å². The maximum absolute atomic E-state index is 11.3. The predicted octanol–water partition coefficient (Wildman–Crippen LogP) is 5.44. The number of methoxy groups -OCH3 is 1. The van der Waals surface area contributed by atoms with Gasteiger partial charge in [-0.1, -0.05) is 69.4 Å². The molecule has 1 unspecified atom stereocenters. The number of esters is 1. The lowest BCUT2D eigenvalue weighted by molar-refractivity contribution is -0.140. The summed E-state index contributed by atoms with van der Waals surface area (Å²) < 4.78 is 16.8. The molecule has 1 aromatic heterocycles. The van der Waals surface area contributed by atoms with Crippen LogP contribution in [0.15, 0.2) is 34.7 Å². The van der Waals surface area contributed by atoms with Gasteiger partial charge in [-0.3, -0.25) is 4.79 Å². The molecule has 0 radical (unpaired) electrons. The van der Waals surface area contributed by atoms with Gasteiger partial charge < -0.3 is 24.1 Å². The molecule has 7 heteroatoms. The van der Waals surface area contributed by atoms with Crippen LogP contribution in [-0.2, 0) is 20.7 Å². The number of hydrogen-bond donors (Lipinski definition) is 1. The SMILES string of the molecule is CCCCCCC(NCCCCCC(=O)OC)c1nc(Cc2ccccc2)c(N2CCOCC2)o1. The topological polar surface area (TPSA) is 76.8 Å². The number of rotatable bonds is 16. The van der Waals surface area contributed by atoms with Gasteiger partial charge in [0.05, 0.1) is 26.4 Å². The third-order valence-corrected chi connectivity index (χ3v) is 6.53. The summed E-state index contributed by atoms with van der Waals surface area (Å²) in [4.78, 5) is 18.7. The van der Waals surface area contributed by atoms with Crippen LogP contribution in [0.4, 0.5) is 5.88 Å². The Balaban J connectivity index is 1.69. The number of ether oxygens (including phenoxy) is 2. The molecule has 1 atom stereocenters. The normalized spacial score (nSPS) is 14.7. The van der Waals surface area contributed by atoms with E-state index in [4.69, 9.17) is 18.9 Å². The highest BCUT2D eigenvalue weighted by Crippen LogP contribution is 2.30. The van der Waals surface area contributed by atoms with Gasteiger partial charge in [0.25, 0.3) is 0 Å². The van der Waals surface area contributed by atoms with E-state index in [1.165, 1.54) is 31.9 Å². The monoisotopic (exact) mass is 485 g/mol. The van der Waals surface area contributed by atoms with E-state index >= 15 is 0 Å². The van der Waals surface area contributed by atoms with Gasteiger partial charge in [-0.25, -0.2) is 4.98 Å². The predicted molar refractivity (Wildman–Crippen MR) is 139 cm³/mol. The number of carbonyl (C=O) groups excluding carboxylic acids is 1. The Labute approximate surface area is 210 Å². The molecule has 2 heterocycles. The standard InChI is InChI=1S/C28H43N3O4/c1-3-4-5-10-15-24(29-17-12-7-11-16-26(32)33-2)27-30-25(22-23-13-8-6-9-14-23)28(35-27)31-18-20-34-21-19-31/h6,8-9,13-14,24,29H,3-5,7,10-12,15-22H2,1-2H3. The maximum Gasteiger partial charge on any atom is 0.305 e. The molecule has 0 spiro atoms. The van der Waals surface area contributed by atoms with Crippen LogP contribution in [0.1, 0.15) is 87.9 Å². The summed E-state index contributed by atoms with van der Waals surface area (Å²) in [5.74, 6) is 1.56. The molecular formula is C28H43N3O4. The van der Waals surface area contributed by atoms with E-state index in [1.807, 2.05) is 6.07 Å². The number of benzene rings is 1. The van der Waals surface area contributed by atoms with Crippen molar-refractivity contribution in [1.29, 1.82) is 0 Å². The Kier molecular flexibility index (Phi) is 12.1. The van der Waals surface area contributed by atoms with E-state index in [-0.39, 0.29) is 12.0 Å². The number of morpholine rings is 1. The second kappa shape index (κ2) is 15.6. The van der Waals surface area contributed by atoms with Gasteiger partial charge in [0.1, 0.15) is 5.69 Å². The van der Waals surface area contributed by atoms with Crippen LogP contribution in [0.2, 0.25) is 0 Å². The Morgan fingerprint density at radius 3 is 2.60 bits per heavy atom. The van der Waals surface area contributed by atoms with Crippen LogP contribution in [0.25, 0.3) is 0 Å². The summed E-state index contributed by atoms with van der Waals surface area (Å²) in [5, 5.41) is 3.71. The molecule has 2 aromatic rings. The minimum absolute atomic E-state index is 0.0942. The highest BCUT2D eigenvalue weighted by Gasteiger charge is 2.25. The van der Waals surface area contributed by atoms with Crippen molar-refractivity contribution in [2.45, 2.75) is 77.2 Å². The second-order valence-corrected chi connectivity index (χ2v) is 9.31. The summed E-state index contributed by atoms with van der Waals surface area (Å²) >= 11 is 0. The van der Waals surface area contributed by atoms with Gasteiger partial charge >= 0.3 is 5.97 Å². The molecule has 7 nitrogen and oxygen atoms in total. The Hall–Kier alpha value is -2.38. The molecular weight excluding hydrogens is 442 g/mol. The fraction of sp³-hybridized carbons (Fsp3) is 0.643. The quantitative estimate of drug-likeness (QED) is 0.251. The van der Waals surface area contributed by atoms with E-state index in [9.17, 15) is 4.79 Å². The van der Waals surface area contributed by atoms with Crippen LogP contribution >= 0.6 is 0 Å². The average molecular weight is 486 g/mol. The Bertz CT molecular complexity index is 849. The first-order chi connectivity index (χ1) is 17.2. The van der Waals surface area contributed by atoms with Crippen molar-refractivity contribution in [1.82, 2.24) is 10.3 Å². The number of oxazole rings is 1. The zero-order valence-electron chi connectivity index (χ0n) is 21.6. The third kappa shape index (κ3) is 9.30. The molecule has 194 valence electrons. The highest BCUT2D eigenvalue weighted by molar-refractivity contribution is 5.68. The van der Waals surface area contributed by atoms with Gasteiger partial charge in [0, 0.05) is 25.9 Å². The molecule has 1 N–H and O–H groups in total. The lowest BCUT2D eigenvalue weighted by Crippen LogP contribution is -2.36. The van der Waals surface area contributed by atoms with Crippen LogP contribution in [0.5, 0.6) is 0 Å².